The lowest BCUT2D eigenvalue weighted by atomic mass is 9.82. The summed E-state index contributed by atoms with van der Waals surface area (Å²) in [4.78, 5) is 39.9. The number of carbonyl (C=O) groups is 3. The molecule has 6 nitrogen and oxygen atoms in total. The van der Waals surface area contributed by atoms with Crippen LogP contribution in [0.1, 0.15) is 44.7 Å². The van der Waals surface area contributed by atoms with Crippen molar-refractivity contribution in [3.8, 4) is 0 Å². The van der Waals surface area contributed by atoms with Crippen LogP contribution in [0.25, 0.3) is 0 Å². The zero-order valence-corrected chi connectivity index (χ0v) is 17.7. The molecule has 30 heavy (non-hydrogen) atoms. The molecule has 6 heteroatoms. The lowest BCUT2D eigenvalue weighted by Gasteiger charge is -2.28. The number of urea groups is 1. The maximum Gasteiger partial charge on any atom is 0.326 e. The molecule has 1 atom stereocenters. The van der Waals surface area contributed by atoms with Crippen LogP contribution >= 0.6 is 0 Å². The van der Waals surface area contributed by atoms with Gasteiger partial charge in [0.25, 0.3) is 5.91 Å². The summed E-state index contributed by atoms with van der Waals surface area (Å²) < 4.78 is 0. The molecule has 1 aliphatic heterocycles. The van der Waals surface area contributed by atoms with Crippen LogP contribution in [0.15, 0.2) is 60.7 Å². The minimum Gasteiger partial charge on any atom is -0.352 e. The SMILES string of the molecule is CC(C)CC[C@H](C)NC(=O)CN1C(=O)NC(c2ccccc2)(c2ccccc2)C1=O. The number of rotatable bonds is 8. The van der Waals surface area contributed by atoms with E-state index in [0.717, 1.165) is 17.7 Å². The molecule has 2 N–H and O–H groups in total. The lowest BCUT2D eigenvalue weighted by Crippen LogP contribution is -2.46. The number of carbonyl (C=O) groups excluding carboxylic acids is 3. The molecule has 1 saturated heterocycles. The third-order valence-corrected chi connectivity index (χ3v) is 5.41. The largest absolute Gasteiger partial charge is 0.352 e. The molecular weight excluding hydrogens is 378 g/mol. The number of amides is 4. The summed E-state index contributed by atoms with van der Waals surface area (Å²) in [5, 5.41) is 5.75. The van der Waals surface area contributed by atoms with E-state index in [-0.39, 0.29) is 18.5 Å². The van der Waals surface area contributed by atoms with Gasteiger partial charge in [-0.1, -0.05) is 74.5 Å². The Kier molecular flexibility index (Phi) is 6.55. The van der Waals surface area contributed by atoms with Gasteiger partial charge in [0, 0.05) is 6.04 Å². The maximum atomic E-state index is 13.5. The first kappa shape index (κ1) is 21.6. The summed E-state index contributed by atoms with van der Waals surface area (Å²) in [7, 11) is 0. The first-order chi connectivity index (χ1) is 14.3. The lowest BCUT2D eigenvalue weighted by molar-refractivity contribution is -0.134. The Morgan fingerprint density at radius 1 is 0.933 bits per heavy atom. The highest BCUT2D eigenvalue weighted by molar-refractivity contribution is 6.11. The fourth-order valence-electron chi connectivity index (χ4n) is 3.77. The molecule has 2 aromatic rings. The monoisotopic (exact) mass is 407 g/mol. The molecule has 0 aromatic heterocycles. The van der Waals surface area contributed by atoms with E-state index in [1.807, 2.05) is 67.6 Å². The standard InChI is InChI=1S/C24H29N3O3/c1-17(2)14-15-18(3)25-21(28)16-27-22(29)24(26-23(27)30,19-10-6-4-7-11-19)20-12-8-5-9-13-20/h4-13,17-18H,14-16H2,1-3H3,(H,25,28)(H,26,30)/t18-/m0/s1. The van der Waals surface area contributed by atoms with E-state index in [4.69, 9.17) is 0 Å². The van der Waals surface area contributed by atoms with Crippen molar-refractivity contribution in [2.45, 2.75) is 45.2 Å². The van der Waals surface area contributed by atoms with Crippen molar-refractivity contribution in [2.24, 2.45) is 5.92 Å². The molecule has 3 rings (SSSR count). The van der Waals surface area contributed by atoms with E-state index in [0.29, 0.717) is 17.0 Å². The average Bonchev–Trinajstić information content (AvgIpc) is 2.99. The number of imide groups is 1. The summed E-state index contributed by atoms with van der Waals surface area (Å²) >= 11 is 0. The van der Waals surface area contributed by atoms with E-state index >= 15 is 0 Å². The minimum atomic E-state index is -1.34. The van der Waals surface area contributed by atoms with Gasteiger partial charge < -0.3 is 10.6 Å². The fraction of sp³-hybridized carbons (Fsp3) is 0.375. The van der Waals surface area contributed by atoms with E-state index < -0.39 is 17.5 Å². The molecule has 1 heterocycles. The third-order valence-electron chi connectivity index (χ3n) is 5.41. The quantitative estimate of drug-likeness (QED) is 0.658. The zero-order chi connectivity index (χ0) is 21.7. The first-order valence-corrected chi connectivity index (χ1v) is 10.4. The van der Waals surface area contributed by atoms with Crippen molar-refractivity contribution in [1.29, 1.82) is 0 Å². The Hall–Kier alpha value is -3.15. The van der Waals surface area contributed by atoms with E-state index in [9.17, 15) is 14.4 Å². The van der Waals surface area contributed by atoms with Gasteiger partial charge in [-0.2, -0.15) is 0 Å². The van der Waals surface area contributed by atoms with Crippen LogP contribution < -0.4 is 10.6 Å². The van der Waals surface area contributed by atoms with Crippen molar-refractivity contribution in [2.75, 3.05) is 6.54 Å². The number of hydrogen-bond donors (Lipinski definition) is 2. The van der Waals surface area contributed by atoms with Crippen LogP contribution in [0.2, 0.25) is 0 Å². The van der Waals surface area contributed by atoms with Crippen LogP contribution in [0.5, 0.6) is 0 Å². The predicted octanol–water partition coefficient (Wildman–Crippen LogP) is 3.42. The molecule has 158 valence electrons. The van der Waals surface area contributed by atoms with Crippen LogP contribution in [0.3, 0.4) is 0 Å². The highest BCUT2D eigenvalue weighted by atomic mass is 16.2. The van der Waals surface area contributed by atoms with Gasteiger partial charge in [-0.15, -0.1) is 0 Å². The number of nitrogens with zero attached hydrogens (tertiary/aromatic N) is 1. The van der Waals surface area contributed by atoms with Gasteiger partial charge >= 0.3 is 6.03 Å². The van der Waals surface area contributed by atoms with Crippen molar-refractivity contribution in [3.63, 3.8) is 0 Å². The second-order valence-corrected chi connectivity index (χ2v) is 8.24. The van der Waals surface area contributed by atoms with Gasteiger partial charge in [0.2, 0.25) is 5.91 Å². The van der Waals surface area contributed by atoms with Gasteiger partial charge in [0.05, 0.1) is 0 Å². The van der Waals surface area contributed by atoms with Crippen LogP contribution in [-0.4, -0.2) is 35.3 Å². The van der Waals surface area contributed by atoms with Gasteiger partial charge in [0.15, 0.2) is 5.54 Å². The van der Waals surface area contributed by atoms with Gasteiger partial charge in [-0.05, 0) is 36.8 Å². The molecule has 0 unspecified atom stereocenters. The fourth-order valence-corrected chi connectivity index (χ4v) is 3.77. The summed E-state index contributed by atoms with van der Waals surface area (Å²) in [5.41, 5.74) is -0.0334. The Balaban J connectivity index is 1.83. The summed E-state index contributed by atoms with van der Waals surface area (Å²) in [5.74, 6) is -0.241. The Labute approximate surface area is 177 Å². The molecule has 0 radical (unpaired) electrons. The van der Waals surface area contributed by atoms with Crippen molar-refractivity contribution >= 4 is 17.8 Å². The minimum absolute atomic E-state index is 0.0197. The number of hydrogen-bond acceptors (Lipinski definition) is 3. The summed E-state index contributed by atoms with van der Waals surface area (Å²) in [6, 6.07) is 17.6. The maximum absolute atomic E-state index is 13.5. The Morgan fingerprint density at radius 3 is 1.97 bits per heavy atom. The summed E-state index contributed by atoms with van der Waals surface area (Å²) in [6.07, 6.45) is 1.84. The molecule has 0 spiro atoms. The van der Waals surface area contributed by atoms with Crippen molar-refractivity contribution < 1.29 is 14.4 Å². The number of nitrogens with one attached hydrogen (secondary N) is 2. The molecule has 0 aliphatic carbocycles. The topological polar surface area (TPSA) is 78.5 Å². The normalized spacial score (nSPS) is 16.5. The second-order valence-electron chi connectivity index (χ2n) is 8.24. The summed E-state index contributed by atoms with van der Waals surface area (Å²) in [6.45, 7) is 5.89. The van der Waals surface area contributed by atoms with Crippen LogP contribution in [0, 0.1) is 5.92 Å². The molecule has 0 saturated carbocycles. The highest BCUT2D eigenvalue weighted by Crippen LogP contribution is 2.35. The predicted molar refractivity (Wildman–Crippen MR) is 116 cm³/mol. The van der Waals surface area contributed by atoms with Gasteiger partial charge in [-0.25, -0.2) is 4.79 Å². The Bertz CT molecular complexity index is 857. The van der Waals surface area contributed by atoms with Gasteiger partial charge in [-0.3, -0.25) is 14.5 Å². The molecule has 2 aromatic carbocycles. The highest BCUT2D eigenvalue weighted by Gasteiger charge is 2.54. The average molecular weight is 408 g/mol. The Morgan fingerprint density at radius 2 is 1.47 bits per heavy atom. The first-order valence-electron chi connectivity index (χ1n) is 10.4. The molecule has 0 bridgehead atoms. The third kappa shape index (κ3) is 4.37. The zero-order valence-electron chi connectivity index (χ0n) is 17.7. The van der Waals surface area contributed by atoms with E-state index in [2.05, 4.69) is 24.5 Å². The van der Waals surface area contributed by atoms with Crippen molar-refractivity contribution in [1.82, 2.24) is 15.5 Å². The van der Waals surface area contributed by atoms with Gasteiger partial charge in [0.1, 0.15) is 6.54 Å². The van der Waals surface area contributed by atoms with E-state index in [1.54, 1.807) is 0 Å². The van der Waals surface area contributed by atoms with Crippen molar-refractivity contribution in [3.05, 3.63) is 71.8 Å². The van der Waals surface area contributed by atoms with Crippen LogP contribution in [0.4, 0.5) is 4.79 Å². The number of benzene rings is 2. The molecule has 1 aliphatic rings. The molecule has 1 fully saturated rings. The van der Waals surface area contributed by atoms with Crippen LogP contribution in [-0.2, 0) is 15.1 Å². The van der Waals surface area contributed by atoms with E-state index in [1.165, 1.54) is 0 Å². The smallest absolute Gasteiger partial charge is 0.326 e. The molecule has 4 amide bonds. The molecular formula is C24H29N3O3. The second kappa shape index (κ2) is 9.11.